The quantitative estimate of drug-likeness (QED) is 0.469. The Kier molecular flexibility index (Phi) is 7.67. The lowest BCUT2D eigenvalue weighted by atomic mass is 9.99. The number of aliphatic imine (C=N–C) groups is 1. The Morgan fingerprint density at radius 2 is 1.92 bits per heavy atom. The molecule has 2 aromatic rings. The number of primary amides is 1. The van der Waals surface area contributed by atoms with Crippen molar-refractivity contribution in [3.8, 4) is 0 Å². The summed E-state index contributed by atoms with van der Waals surface area (Å²) in [4.78, 5) is 16.2. The Hall–Kier alpha value is -2.83. The number of hydrogen-bond acceptors (Lipinski definition) is 2. The number of nitrogens with one attached hydrogen (secondary N) is 2. The molecule has 1 atom stereocenters. The largest absolute Gasteiger partial charge is 0.369 e. The van der Waals surface area contributed by atoms with E-state index < -0.39 is 11.8 Å². The molecule has 0 aliphatic heterocycles. The second-order valence-corrected chi connectivity index (χ2v) is 6.00. The maximum atomic E-state index is 13.0. The first kappa shape index (κ1) is 19.5. The molecule has 1 unspecified atom stereocenters. The summed E-state index contributed by atoms with van der Waals surface area (Å²) in [6.45, 7) is 4.49. The number of nitrogens with zero attached hydrogens (tertiary/aromatic N) is 2. The lowest BCUT2D eigenvalue weighted by molar-refractivity contribution is -0.121. The second kappa shape index (κ2) is 10.2. The maximum Gasteiger partial charge on any atom is 0.222 e. The molecule has 0 aliphatic rings. The molecule has 0 saturated carbocycles. The van der Waals surface area contributed by atoms with E-state index in [0.717, 1.165) is 12.1 Å². The molecule has 140 valence electrons. The standard InChI is InChI=1S/C19H26FN5O/c1-2-22-19(23-9-12-25-10-3-4-11-25)24-14-16(18(21)26)13-15-5-7-17(20)8-6-15/h3-8,10-11,16H,2,9,12-14H2,1H3,(H2,21,26)(H2,22,23,24). The summed E-state index contributed by atoms with van der Waals surface area (Å²) in [5, 5.41) is 6.40. The van der Waals surface area contributed by atoms with Crippen LogP contribution in [0.25, 0.3) is 0 Å². The van der Waals surface area contributed by atoms with Crippen LogP contribution in [-0.4, -0.2) is 36.1 Å². The lowest BCUT2D eigenvalue weighted by Crippen LogP contribution is -2.39. The smallest absolute Gasteiger partial charge is 0.222 e. The Morgan fingerprint density at radius 1 is 1.23 bits per heavy atom. The van der Waals surface area contributed by atoms with Crippen LogP contribution in [-0.2, 0) is 17.8 Å². The van der Waals surface area contributed by atoms with Gasteiger partial charge in [-0.25, -0.2) is 4.39 Å². The fourth-order valence-electron chi connectivity index (χ4n) is 2.53. The maximum absolute atomic E-state index is 13.0. The Balaban J connectivity index is 1.92. The molecule has 6 nitrogen and oxygen atoms in total. The van der Waals surface area contributed by atoms with Crippen LogP contribution in [0.3, 0.4) is 0 Å². The van der Waals surface area contributed by atoms with E-state index in [9.17, 15) is 9.18 Å². The third kappa shape index (κ3) is 6.58. The van der Waals surface area contributed by atoms with Crippen molar-refractivity contribution in [2.75, 3.05) is 19.6 Å². The van der Waals surface area contributed by atoms with Gasteiger partial charge >= 0.3 is 0 Å². The van der Waals surface area contributed by atoms with Crippen LogP contribution < -0.4 is 16.4 Å². The van der Waals surface area contributed by atoms with Crippen LogP contribution in [0.15, 0.2) is 53.8 Å². The molecule has 2 rings (SSSR count). The zero-order valence-electron chi connectivity index (χ0n) is 15.0. The number of hydrogen-bond donors (Lipinski definition) is 3. The third-order valence-electron chi connectivity index (χ3n) is 3.94. The van der Waals surface area contributed by atoms with Crippen molar-refractivity contribution in [2.45, 2.75) is 19.9 Å². The van der Waals surface area contributed by atoms with Gasteiger partial charge in [0.25, 0.3) is 0 Å². The van der Waals surface area contributed by atoms with E-state index >= 15 is 0 Å². The summed E-state index contributed by atoms with van der Waals surface area (Å²) in [7, 11) is 0. The van der Waals surface area contributed by atoms with Crippen molar-refractivity contribution >= 4 is 11.9 Å². The molecule has 1 heterocycles. The SMILES string of the molecule is CCNC(=NCC(Cc1ccc(F)cc1)C(N)=O)NCCn1cccc1. The van der Waals surface area contributed by atoms with Crippen LogP contribution in [0.1, 0.15) is 12.5 Å². The van der Waals surface area contributed by atoms with Crippen molar-refractivity contribution in [1.29, 1.82) is 0 Å². The van der Waals surface area contributed by atoms with Gasteiger partial charge in [-0.05, 0) is 43.2 Å². The van der Waals surface area contributed by atoms with Gasteiger partial charge in [0.05, 0.1) is 12.5 Å². The first-order valence-electron chi connectivity index (χ1n) is 8.75. The summed E-state index contributed by atoms with van der Waals surface area (Å²) >= 11 is 0. The summed E-state index contributed by atoms with van der Waals surface area (Å²) in [6, 6.07) is 10.0. The summed E-state index contributed by atoms with van der Waals surface area (Å²) < 4.78 is 15.1. The first-order chi connectivity index (χ1) is 12.6. The number of aromatic nitrogens is 1. The number of amides is 1. The van der Waals surface area contributed by atoms with Gasteiger partial charge in [-0.2, -0.15) is 0 Å². The van der Waals surface area contributed by atoms with Crippen LogP contribution in [0.5, 0.6) is 0 Å². The molecule has 0 saturated heterocycles. The molecule has 0 radical (unpaired) electrons. The molecule has 0 spiro atoms. The van der Waals surface area contributed by atoms with Gasteiger partial charge in [0.15, 0.2) is 5.96 Å². The van der Waals surface area contributed by atoms with Crippen LogP contribution in [0, 0.1) is 11.7 Å². The lowest BCUT2D eigenvalue weighted by Gasteiger charge is -2.15. The fourth-order valence-corrected chi connectivity index (χ4v) is 2.53. The number of carbonyl (C=O) groups is 1. The predicted molar refractivity (Wildman–Crippen MR) is 101 cm³/mol. The highest BCUT2D eigenvalue weighted by atomic mass is 19.1. The summed E-state index contributed by atoms with van der Waals surface area (Å²) in [6.07, 6.45) is 4.43. The first-order valence-corrected chi connectivity index (χ1v) is 8.75. The minimum Gasteiger partial charge on any atom is -0.369 e. The average Bonchev–Trinajstić information content (AvgIpc) is 3.13. The van der Waals surface area contributed by atoms with Crippen molar-refractivity contribution in [3.05, 3.63) is 60.2 Å². The Morgan fingerprint density at radius 3 is 2.54 bits per heavy atom. The van der Waals surface area contributed by atoms with Crippen LogP contribution >= 0.6 is 0 Å². The molecule has 1 amide bonds. The van der Waals surface area contributed by atoms with Gasteiger partial charge in [-0.3, -0.25) is 9.79 Å². The minimum absolute atomic E-state index is 0.269. The van der Waals surface area contributed by atoms with Gasteiger partial charge in [-0.15, -0.1) is 0 Å². The summed E-state index contributed by atoms with van der Waals surface area (Å²) in [5.74, 6) is -0.518. The highest BCUT2D eigenvalue weighted by molar-refractivity contribution is 5.81. The topological polar surface area (TPSA) is 84.4 Å². The van der Waals surface area contributed by atoms with E-state index in [1.807, 2.05) is 31.5 Å². The number of guanidine groups is 1. The van der Waals surface area contributed by atoms with E-state index in [1.165, 1.54) is 12.1 Å². The second-order valence-electron chi connectivity index (χ2n) is 6.00. The van der Waals surface area contributed by atoms with Gasteiger partial charge in [0.2, 0.25) is 5.91 Å². The van der Waals surface area contributed by atoms with E-state index in [4.69, 9.17) is 5.73 Å². The molecule has 7 heteroatoms. The minimum atomic E-state index is -0.444. The van der Waals surface area contributed by atoms with Crippen molar-refractivity contribution in [2.24, 2.45) is 16.6 Å². The molecule has 1 aromatic carbocycles. The van der Waals surface area contributed by atoms with Crippen LogP contribution in [0.2, 0.25) is 0 Å². The van der Waals surface area contributed by atoms with Gasteiger partial charge in [0, 0.05) is 32.0 Å². The Bertz CT molecular complexity index is 697. The molecular formula is C19H26FN5O. The number of rotatable bonds is 9. The zero-order valence-corrected chi connectivity index (χ0v) is 15.0. The van der Waals surface area contributed by atoms with E-state index in [-0.39, 0.29) is 12.4 Å². The van der Waals surface area contributed by atoms with Crippen molar-refractivity contribution in [3.63, 3.8) is 0 Å². The molecule has 0 bridgehead atoms. The average molecular weight is 359 g/mol. The van der Waals surface area contributed by atoms with E-state index in [0.29, 0.717) is 25.5 Å². The molecular weight excluding hydrogens is 333 g/mol. The monoisotopic (exact) mass is 359 g/mol. The van der Waals surface area contributed by atoms with E-state index in [1.54, 1.807) is 12.1 Å². The highest BCUT2D eigenvalue weighted by Crippen LogP contribution is 2.10. The van der Waals surface area contributed by atoms with Crippen molar-refractivity contribution in [1.82, 2.24) is 15.2 Å². The van der Waals surface area contributed by atoms with Gasteiger partial charge < -0.3 is 20.9 Å². The fraction of sp³-hybridized carbons (Fsp3) is 0.368. The molecule has 26 heavy (non-hydrogen) atoms. The number of carbonyl (C=O) groups excluding carboxylic acids is 1. The zero-order chi connectivity index (χ0) is 18.8. The Labute approximate surface area is 153 Å². The number of halogens is 1. The summed E-state index contributed by atoms with van der Waals surface area (Å²) in [5.41, 5.74) is 6.37. The van der Waals surface area contributed by atoms with E-state index in [2.05, 4.69) is 20.2 Å². The molecule has 4 N–H and O–H groups in total. The molecule has 0 fully saturated rings. The highest BCUT2D eigenvalue weighted by Gasteiger charge is 2.16. The number of nitrogens with two attached hydrogens (primary N) is 1. The third-order valence-corrected chi connectivity index (χ3v) is 3.94. The van der Waals surface area contributed by atoms with Gasteiger partial charge in [0.1, 0.15) is 5.82 Å². The van der Waals surface area contributed by atoms with Crippen LogP contribution in [0.4, 0.5) is 4.39 Å². The molecule has 1 aromatic heterocycles. The number of benzene rings is 1. The normalized spacial score (nSPS) is 12.6. The molecule has 0 aliphatic carbocycles. The predicted octanol–water partition coefficient (Wildman–Crippen LogP) is 1.53. The van der Waals surface area contributed by atoms with Crippen molar-refractivity contribution < 1.29 is 9.18 Å². The van der Waals surface area contributed by atoms with Gasteiger partial charge in [-0.1, -0.05) is 12.1 Å².